The van der Waals surface area contributed by atoms with Gasteiger partial charge in [0.05, 0.1) is 5.56 Å². The molecule has 3 nitrogen and oxygen atoms in total. The highest BCUT2D eigenvalue weighted by Crippen LogP contribution is 2.24. The van der Waals surface area contributed by atoms with E-state index < -0.39 is 11.6 Å². The standard InChI is InChI=1S/C21H21NO2/c1-21(2,3)15-11-9-14(10-12-15)19(23)20(24)17-13-22(4)18-8-6-5-7-16(17)18/h5-13H,1-4H3. The number of ketones is 2. The summed E-state index contributed by atoms with van der Waals surface area (Å²) in [6.07, 6.45) is 1.73. The minimum absolute atomic E-state index is 0.0151. The fourth-order valence-corrected chi connectivity index (χ4v) is 2.90. The van der Waals surface area contributed by atoms with E-state index in [1.54, 1.807) is 18.3 Å². The van der Waals surface area contributed by atoms with Gasteiger partial charge in [-0.2, -0.15) is 0 Å². The maximum absolute atomic E-state index is 12.7. The Morgan fingerprint density at radius 2 is 1.50 bits per heavy atom. The van der Waals surface area contributed by atoms with E-state index in [1.807, 2.05) is 48.0 Å². The molecule has 3 heteroatoms. The SMILES string of the molecule is Cn1cc(C(=O)C(=O)c2ccc(C(C)(C)C)cc2)c2ccccc21. The number of para-hydroxylation sites is 1. The van der Waals surface area contributed by atoms with Crippen LogP contribution in [0.1, 0.15) is 47.1 Å². The largest absolute Gasteiger partial charge is 0.350 e. The van der Waals surface area contributed by atoms with Gasteiger partial charge in [-0.25, -0.2) is 0 Å². The topological polar surface area (TPSA) is 39.1 Å². The molecule has 0 unspecified atom stereocenters. The number of benzene rings is 2. The third kappa shape index (κ3) is 2.78. The van der Waals surface area contributed by atoms with Crippen molar-refractivity contribution < 1.29 is 9.59 Å². The Bertz CT molecular complexity index is 925. The summed E-state index contributed by atoms with van der Waals surface area (Å²) in [6.45, 7) is 6.35. The van der Waals surface area contributed by atoms with Crippen LogP contribution in [-0.4, -0.2) is 16.1 Å². The molecule has 0 aliphatic carbocycles. The molecular weight excluding hydrogens is 298 g/mol. The van der Waals surface area contributed by atoms with Gasteiger partial charge in [0, 0.05) is 29.7 Å². The van der Waals surface area contributed by atoms with Gasteiger partial charge in [0.25, 0.3) is 0 Å². The number of carbonyl (C=O) groups is 2. The van der Waals surface area contributed by atoms with Gasteiger partial charge in [-0.3, -0.25) is 9.59 Å². The highest BCUT2D eigenvalue weighted by Gasteiger charge is 2.23. The first-order valence-electron chi connectivity index (χ1n) is 8.02. The van der Waals surface area contributed by atoms with Crippen LogP contribution in [0.2, 0.25) is 0 Å². The summed E-state index contributed by atoms with van der Waals surface area (Å²) in [5.41, 5.74) is 2.98. The first-order chi connectivity index (χ1) is 11.3. The zero-order valence-corrected chi connectivity index (χ0v) is 14.5. The minimum Gasteiger partial charge on any atom is -0.350 e. The van der Waals surface area contributed by atoms with E-state index in [9.17, 15) is 9.59 Å². The van der Waals surface area contributed by atoms with Crippen molar-refractivity contribution in [3.63, 3.8) is 0 Å². The predicted octanol–water partition coefficient (Wildman–Crippen LogP) is 4.54. The molecule has 0 atom stereocenters. The van der Waals surface area contributed by atoms with E-state index in [4.69, 9.17) is 0 Å². The number of hydrogen-bond donors (Lipinski definition) is 0. The highest BCUT2D eigenvalue weighted by molar-refractivity contribution is 6.50. The Labute approximate surface area is 141 Å². The second-order valence-electron chi connectivity index (χ2n) is 7.16. The molecule has 0 bridgehead atoms. The molecule has 1 heterocycles. The van der Waals surface area contributed by atoms with E-state index in [2.05, 4.69) is 20.8 Å². The van der Waals surface area contributed by atoms with Crippen LogP contribution in [0.4, 0.5) is 0 Å². The molecule has 0 aliphatic rings. The maximum Gasteiger partial charge on any atom is 0.235 e. The average molecular weight is 319 g/mol. The number of rotatable bonds is 3. The Morgan fingerprint density at radius 3 is 2.12 bits per heavy atom. The molecule has 2 aromatic carbocycles. The summed E-state index contributed by atoms with van der Waals surface area (Å²) >= 11 is 0. The molecule has 0 N–H and O–H groups in total. The molecule has 0 aliphatic heterocycles. The minimum atomic E-state index is -0.466. The molecule has 0 radical (unpaired) electrons. The Balaban J connectivity index is 1.96. The van der Waals surface area contributed by atoms with E-state index >= 15 is 0 Å². The van der Waals surface area contributed by atoms with Gasteiger partial charge < -0.3 is 4.57 Å². The van der Waals surface area contributed by atoms with Crippen molar-refractivity contribution >= 4 is 22.5 Å². The smallest absolute Gasteiger partial charge is 0.235 e. The summed E-state index contributed by atoms with van der Waals surface area (Å²) in [5, 5.41) is 0.810. The number of aryl methyl sites for hydroxylation is 1. The maximum atomic E-state index is 12.7. The summed E-state index contributed by atoms with van der Waals surface area (Å²) in [6, 6.07) is 14.9. The lowest BCUT2D eigenvalue weighted by Gasteiger charge is -2.18. The van der Waals surface area contributed by atoms with Crippen molar-refractivity contribution in [3.05, 3.63) is 71.4 Å². The fourth-order valence-electron chi connectivity index (χ4n) is 2.90. The average Bonchev–Trinajstić information content (AvgIpc) is 2.90. The third-order valence-electron chi connectivity index (χ3n) is 4.36. The highest BCUT2D eigenvalue weighted by atomic mass is 16.2. The van der Waals surface area contributed by atoms with Crippen molar-refractivity contribution in [2.24, 2.45) is 7.05 Å². The summed E-state index contributed by atoms with van der Waals surface area (Å²) < 4.78 is 1.87. The lowest BCUT2D eigenvalue weighted by Crippen LogP contribution is -2.15. The van der Waals surface area contributed by atoms with Gasteiger partial charge in [-0.15, -0.1) is 0 Å². The predicted molar refractivity (Wildman–Crippen MR) is 96.7 cm³/mol. The number of aromatic nitrogens is 1. The Hall–Kier alpha value is -2.68. The van der Waals surface area contributed by atoms with Gasteiger partial charge in [0.2, 0.25) is 11.6 Å². The van der Waals surface area contributed by atoms with Crippen molar-refractivity contribution in [2.75, 3.05) is 0 Å². The van der Waals surface area contributed by atoms with Gasteiger partial charge >= 0.3 is 0 Å². The molecule has 0 fully saturated rings. The molecular formula is C21H21NO2. The van der Waals surface area contributed by atoms with Crippen molar-refractivity contribution in [3.8, 4) is 0 Å². The third-order valence-corrected chi connectivity index (χ3v) is 4.36. The van der Waals surface area contributed by atoms with Crippen LogP contribution in [-0.2, 0) is 12.5 Å². The molecule has 0 amide bonds. The number of fused-ring (bicyclic) bond motifs is 1. The summed E-state index contributed by atoms with van der Waals surface area (Å²) in [7, 11) is 1.88. The molecule has 0 spiro atoms. The van der Waals surface area contributed by atoms with Crippen molar-refractivity contribution in [1.82, 2.24) is 4.57 Å². The van der Waals surface area contributed by atoms with E-state index in [0.717, 1.165) is 16.5 Å². The number of nitrogens with zero attached hydrogens (tertiary/aromatic N) is 1. The molecule has 24 heavy (non-hydrogen) atoms. The molecule has 3 rings (SSSR count). The van der Waals surface area contributed by atoms with E-state index in [1.165, 1.54) is 0 Å². The van der Waals surface area contributed by atoms with E-state index in [-0.39, 0.29) is 5.41 Å². The quantitative estimate of drug-likeness (QED) is 0.525. The molecule has 3 aromatic rings. The van der Waals surface area contributed by atoms with Crippen LogP contribution in [0.3, 0.4) is 0 Å². The van der Waals surface area contributed by atoms with Crippen LogP contribution in [0.25, 0.3) is 10.9 Å². The summed E-state index contributed by atoms with van der Waals surface area (Å²) in [5.74, 6) is -0.929. The normalized spacial score (nSPS) is 11.7. The zero-order chi connectivity index (χ0) is 17.5. The van der Waals surface area contributed by atoms with Gasteiger partial charge in [-0.05, 0) is 17.0 Å². The first-order valence-corrected chi connectivity index (χ1v) is 8.02. The zero-order valence-electron chi connectivity index (χ0n) is 14.5. The van der Waals surface area contributed by atoms with E-state index in [0.29, 0.717) is 11.1 Å². The lowest BCUT2D eigenvalue weighted by atomic mass is 9.86. The molecule has 0 saturated carbocycles. The summed E-state index contributed by atoms with van der Waals surface area (Å²) in [4.78, 5) is 25.3. The van der Waals surface area contributed by atoms with Crippen molar-refractivity contribution in [2.45, 2.75) is 26.2 Å². The molecule has 122 valence electrons. The Morgan fingerprint density at radius 1 is 0.875 bits per heavy atom. The van der Waals surface area contributed by atoms with Crippen molar-refractivity contribution in [1.29, 1.82) is 0 Å². The number of Topliss-reactive ketones (excluding diaryl/α,β-unsaturated/α-hetero) is 2. The number of carbonyl (C=O) groups excluding carboxylic acids is 2. The van der Waals surface area contributed by atoms with Gasteiger partial charge in [0.1, 0.15) is 0 Å². The first kappa shape index (κ1) is 16.2. The fraction of sp³-hybridized carbons (Fsp3) is 0.238. The monoisotopic (exact) mass is 319 g/mol. The van der Waals surface area contributed by atoms with Gasteiger partial charge in [-0.1, -0.05) is 63.2 Å². The Kier molecular flexibility index (Phi) is 3.88. The van der Waals surface area contributed by atoms with Crippen LogP contribution in [0.5, 0.6) is 0 Å². The van der Waals surface area contributed by atoms with Crippen LogP contribution >= 0.6 is 0 Å². The van der Waals surface area contributed by atoms with Gasteiger partial charge in [0.15, 0.2) is 0 Å². The second-order valence-corrected chi connectivity index (χ2v) is 7.16. The second kappa shape index (κ2) is 5.75. The van der Waals surface area contributed by atoms with Crippen LogP contribution in [0.15, 0.2) is 54.7 Å². The van der Waals surface area contributed by atoms with Crippen LogP contribution < -0.4 is 0 Å². The number of hydrogen-bond acceptors (Lipinski definition) is 2. The lowest BCUT2D eigenvalue weighted by molar-refractivity contribution is 0.0818. The van der Waals surface area contributed by atoms with Crippen LogP contribution in [0, 0.1) is 0 Å². The molecule has 1 aromatic heterocycles. The molecule has 0 saturated heterocycles.